The summed E-state index contributed by atoms with van der Waals surface area (Å²) in [5, 5.41) is 9.92. The fourth-order valence-corrected chi connectivity index (χ4v) is 4.27. The molecule has 0 aliphatic carbocycles. The summed E-state index contributed by atoms with van der Waals surface area (Å²) in [7, 11) is 0. The number of benzene rings is 1. The molecule has 0 spiro atoms. The van der Waals surface area contributed by atoms with Crippen molar-refractivity contribution in [3.05, 3.63) is 24.3 Å². The van der Waals surface area contributed by atoms with Gasteiger partial charge in [0.2, 0.25) is 5.16 Å². The Labute approximate surface area is 157 Å². The van der Waals surface area contributed by atoms with Crippen molar-refractivity contribution in [1.82, 2.24) is 9.97 Å². The average Bonchev–Trinajstić information content (AvgIpc) is 2.90. The number of carboxylic acid groups (broad SMARTS) is 1. The lowest BCUT2D eigenvalue weighted by Gasteiger charge is -2.50. The fourth-order valence-electron chi connectivity index (χ4n) is 3.68. The minimum Gasteiger partial charge on any atom is -0.481 e. The van der Waals surface area contributed by atoms with Crippen LogP contribution >= 0.6 is 12.0 Å². The molecular weight excluding hydrogens is 352 g/mol. The molecular formula is C19H26N2O4S. The Bertz CT molecular complexity index is 768. The van der Waals surface area contributed by atoms with Crippen LogP contribution in [0.1, 0.15) is 48.0 Å². The van der Waals surface area contributed by atoms with Gasteiger partial charge in [0.15, 0.2) is 0 Å². The van der Waals surface area contributed by atoms with Crippen LogP contribution in [0.25, 0.3) is 11.0 Å². The lowest BCUT2D eigenvalue weighted by molar-refractivity contribution is -0.172. The molecule has 1 aromatic heterocycles. The second kappa shape index (κ2) is 6.95. The first-order valence-corrected chi connectivity index (χ1v) is 9.18. The van der Waals surface area contributed by atoms with Gasteiger partial charge in [-0.3, -0.25) is 9.59 Å². The summed E-state index contributed by atoms with van der Waals surface area (Å²) < 4.78 is 5.50. The largest absolute Gasteiger partial charge is 0.481 e. The molecule has 0 amide bonds. The van der Waals surface area contributed by atoms with Gasteiger partial charge in [0.25, 0.3) is 0 Å². The maximum atomic E-state index is 13.1. The molecule has 0 saturated carbocycles. The molecule has 0 atom stereocenters. The van der Waals surface area contributed by atoms with E-state index >= 15 is 0 Å². The number of imidazole rings is 1. The number of para-hydroxylation sites is 2. The van der Waals surface area contributed by atoms with Crippen LogP contribution in [0.2, 0.25) is 0 Å². The van der Waals surface area contributed by atoms with Crippen molar-refractivity contribution in [2.45, 2.75) is 53.1 Å². The van der Waals surface area contributed by atoms with E-state index < -0.39 is 28.2 Å². The smallest absolute Gasteiger partial charge is 0.326 e. The number of H-pyrrole nitrogens is 1. The van der Waals surface area contributed by atoms with Crippen LogP contribution in [-0.4, -0.2) is 27.0 Å². The summed E-state index contributed by atoms with van der Waals surface area (Å²) in [5.74, 6) is -1.58. The van der Waals surface area contributed by atoms with E-state index in [-0.39, 0.29) is 6.42 Å². The highest BCUT2D eigenvalue weighted by Gasteiger charge is 2.58. The van der Waals surface area contributed by atoms with Crippen LogP contribution in [-0.2, 0) is 13.8 Å². The van der Waals surface area contributed by atoms with Crippen LogP contribution in [0.4, 0.5) is 0 Å². The first-order chi connectivity index (χ1) is 11.9. The Balaban J connectivity index is 2.32. The van der Waals surface area contributed by atoms with Gasteiger partial charge in [-0.25, -0.2) is 4.98 Å². The van der Waals surface area contributed by atoms with Crippen molar-refractivity contribution >= 4 is 35.0 Å². The highest BCUT2D eigenvalue weighted by Crippen LogP contribution is 2.55. The fraction of sp³-hybridized carbons (Fsp3) is 0.526. The second-order valence-corrected chi connectivity index (χ2v) is 9.21. The standard InChI is InChI=1S/C19H26N2O4S/c1-17(2,3)19(11-14(22)23,18(4,5)6)15(24)25-26-16-20-12-9-7-8-10-13(12)21-16/h7-10H,11H2,1-6H3,(H,20,21)(H,22,23). The molecule has 6 nitrogen and oxygen atoms in total. The monoisotopic (exact) mass is 378 g/mol. The van der Waals surface area contributed by atoms with Gasteiger partial charge in [0.1, 0.15) is 12.0 Å². The van der Waals surface area contributed by atoms with Gasteiger partial charge in [-0.15, -0.1) is 0 Å². The summed E-state index contributed by atoms with van der Waals surface area (Å²) in [6, 6.07) is 7.50. The Kier molecular flexibility index (Phi) is 5.42. The maximum absolute atomic E-state index is 13.1. The number of fused-ring (bicyclic) bond motifs is 1. The Morgan fingerprint density at radius 1 is 1.12 bits per heavy atom. The molecule has 26 heavy (non-hydrogen) atoms. The van der Waals surface area contributed by atoms with E-state index in [0.717, 1.165) is 23.1 Å². The van der Waals surface area contributed by atoms with E-state index in [1.165, 1.54) is 0 Å². The molecule has 0 aliphatic heterocycles. The van der Waals surface area contributed by atoms with Crippen molar-refractivity contribution in [2.75, 3.05) is 0 Å². The van der Waals surface area contributed by atoms with E-state index in [4.69, 9.17) is 4.18 Å². The van der Waals surface area contributed by atoms with Gasteiger partial charge in [-0.2, -0.15) is 0 Å². The van der Waals surface area contributed by atoms with Crippen molar-refractivity contribution in [3.8, 4) is 0 Å². The number of aromatic nitrogens is 2. The second-order valence-electron chi connectivity index (χ2n) is 8.49. The minimum atomic E-state index is -1.20. The number of carbonyl (C=O) groups excluding carboxylic acids is 1. The predicted molar refractivity (Wildman–Crippen MR) is 102 cm³/mol. The number of carbonyl (C=O) groups is 2. The highest BCUT2D eigenvalue weighted by atomic mass is 32.2. The zero-order valence-electron chi connectivity index (χ0n) is 16.0. The van der Waals surface area contributed by atoms with Gasteiger partial charge in [-0.05, 0) is 23.0 Å². The van der Waals surface area contributed by atoms with Crippen molar-refractivity contribution in [2.24, 2.45) is 16.2 Å². The van der Waals surface area contributed by atoms with Gasteiger partial charge in [0.05, 0.1) is 22.9 Å². The highest BCUT2D eigenvalue weighted by molar-refractivity contribution is 7.94. The van der Waals surface area contributed by atoms with Gasteiger partial charge < -0.3 is 14.3 Å². The quantitative estimate of drug-likeness (QED) is 0.735. The van der Waals surface area contributed by atoms with E-state index in [9.17, 15) is 14.7 Å². The van der Waals surface area contributed by atoms with Gasteiger partial charge in [-0.1, -0.05) is 53.7 Å². The third kappa shape index (κ3) is 3.72. The molecule has 2 rings (SSSR count). The molecule has 7 heteroatoms. The van der Waals surface area contributed by atoms with Crippen molar-refractivity contribution < 1.29 is 18.9 Å². The van der Waals surface area contributed by atoms with Crippen LogP contribution in [0.15, 0.2) is 29.4 Å². The van der Waals surface area contributed by atoms with E-state index in [1.54, 1.807) is 0 Å². The first-order valence-electron chi connectivity index (χ1n) is 8.44. The number of hydrogen-bond donors (Lipinski definition) is 2. The van der Waals surface area contributed by atoms with Crippen LogP contribution in [0, 0.1) is 16.2 Å². The molecule has 2 aromatic rings. The molecule has 0 saturated heterocycles. The van der Waals surface area contributed by atoms with E-state index in [2.05, 4.69) is 9.97 Å². The molecule has 0 bridgehead atoms. The Hall–Kier alpha value is -2.02. The van der Waals surface area contributed by atoms with Crippen molar-refractivity contribution in [3.63, 3.8) is 0 Å². The number of nitrogens with one attached hydrogen (secondary N) is 1. The van der Waals surface area contributed by atoms with Crippen molar-refractivity contribution in [1.29, 1.82) is 0 Å². The molecule has 0 radical (unpaired) electrons. The average molecular weight is 378 g/mol. The maximum Gasteiger partial charge on any atom is 0.326 e. The molecule has 2 N–H and O–H groups in total. The lowest BCUT2D eigenvalue weighted by atomic mass is 9.52. The molecule has 0 fully saturated rings. The number of aliphatic carboxylic acids is 1. The zero-order chi connectivity index (χ0) is 19.8. The number of hydrogen-bond acceptors (Lipinski definition) is 5. The van der Waals surface area contributed by atoms with Crippen LogP contribution < -0.4 is 0 Å². The SMILES string of the molecule is CC(C)(C)C(CC(=O)O)(C(=O)OSc1nc2ccccc2[nH]1)C(C)(C)C. The van der Waals surface area contributed by atoms with E-state index in [1.807, 2.05) is 65.8 Å². The number of rotatable bonds is 5. The topological polar surface area (TPSA) is 92.3 Å². The lowest BCUT2D eigenvalue weighted by Crippen LogP contribution is -2.53. The Morgan fingerprint density at radius 3 is 2.19 bits per heavy atom. The van der Waals surface area contributed by atoms with Crippen LogP contribution in [0.5, 0.6) is 0 Å². The molecule has 0 unspecified atom stereocenters. The summed E-state index contributed by atoms with van der Waals surface area (Å²) in [6.45, 7) is 11.2. The third-order valence-electron chi connectivity index (χ3n) is 4.89. The molecule has 1 aromatic carbocycles. The Morgan fingerprint density at radius 2 is 1.69 bits per heavy atom. The molecule has 142 valence electrons. The minimum absolute atomic E-state index is 0.306. The first kappa shape index (κ1) is 20.3. The third-order valence-corrected chi connectivity index (χ3v) is 5.48. The summed E-state index contributed by atoms with van der Waals surface area (Å²) >= 11 is 0.831. The summed E-state index contributed by atoms with van der Waals surface area (Å²) in [5.41, 5.74) is -0.821. The number of aromatic amines is 1. The summed E-state index contributed by atoms with van der Waals surface area (Å²) in [6.07, 6.45) is -0.306. The van der Waals surface area contributed by atoms with Gasteiger partial charge >= 0.3 is 11.9 Å². The molecule has 1 heterocycles. The van der Waals surface area contributed by atoms with Gasteiger partial charge in [0, 0.05) is 0 Å². The molecule has 0 aliphatic rings. The van der Waals surface area contributed by atoms with E-state index in [0.29, 0.717) is 5.16 Å². The predicted octanol–water partition coefficient (Wildman–Crippen LogP) is 4.67. The zero-order valence-corrected chi connectivity index (χ0v) is 16.9. The number of carboxylic acids is 1. The number of nitrogens with zero attached hydrogens (tertiary/aromatic N) is 1. The summed E-state index contributed by atoms with van der Waals surface area (Å²) in [4.78, 5) is 32.2. The normalized spacial score (nSPS) is 13.0. The van der Waals surface area contributed by atoms with Crippen LogP contribution in [0.3, 0.4) is 0 Å².